The lowest BCUT2D eigenvalue weighted by Crippen LogP contribution is -2.54. The van der Waals surface area contributed by atoms with Crippen molar-refractivity contribution < 1.29 is 18.0 Å². The summed E-state index contributed by atoms with van der Waals surface area (Å²) in [6, 6.07) is 13.8. The van der Waals surface area contributed by atoms with Gasteiger partial charge >= 0.3 is 6.03 Å². The quantitative estimate of drug-likeness (QED) is 0.550. The molecule has 3 rings (SSSR count). The third-order valence-corrected chi connectivity index (χ3v) is 7.17. The van der Waals surface area contributed by atoms with Gasteiger partial charge in [-0.1, -0.05) is 49.7 Å². The number of urea groups is 1. The highest BCUT2D eigenvalue weighted by molar-refractivity contribution is 7.89. The average molecular weight is 493 g/mol. The Bertz CT molecular complexity index is 1070. The molecule has 0 aliphatic carbocycles. The van der Waals surface area contributed by atoms with E-state index in [2.05, 4.69) is 15.4 Å². The van der Waals surface area contributed by atoms with E-state index < -0.39 is 16.1 Å². The highest BCUT2D eigenvalue weighted by atomic mass is 35.5. The SMILES string of the molecule is CC(C)[C@H](NS(=O)(=O)c1cccc(Cl)c1)C(=O)N1CCC(NC(=O)Nc2ccccc2)CC1. The van der Waals surface area contributed by atoms with Crippen molar-refractivity contribution in [3.8, 4) is 0 Å². The van der Waals surface area contributed by atoms with E-state index in [1.165, 1.54) is 12.1 Å². The molecule has 2 aromatic carbocycles. The Morgan fingerprint density at radius 3 is 2.30 bits per heavy atom. The van der Waals surface area contributed by atoms with Crippen LogP contribution in [0.2, 0.25) is 5.02 Å². The number of para-hydroxylation sites is 1. The van der Waals surface area contributed by atoms with E-state index >= 15 is 0 Å². The molecule has 8 nitrogen and oxygen atoms in total. The number of hydrogen-bond donors (Lipinski definition) is 3. The summed E-state index contributed by atoms with van der Waals surface area (Å²) in [6.45, 7) is 4.45. The van der Waals surface area contributed by atoms with Crippen molar-refractivity contribution in [1.82, 2.24) is 14.9 Å². The van der Waals surface area contributed by atoms with Gasteiger partial charge in [0.15, 0.2) is 0 Å². The number of nitrogens with one attached hydrogen (secondary N) is 3. The Hall–Kier alpha value is -2.62. The Labute approximate surface area is 199 Å². The minimum atomic E-state index is -3.91. The summed E-state index contributed by atoms with van der Waals surface area (Å²) in [4.78, 5) is 27.0. The molecule has 2 aromatic rings. The first-order valence-electron chi connectivity index (χ1n) is 10.8. The van der Waals surface area contributed by atoms with Gasteiger partial charge in [0.05, 0.1) is 4.90 Å². The summed E-state index contributed by atoms with van der Waals surface area (Å²) in [5.41, 5.74) is 0.703. The van der Waals surface area contributed by atoms with Crippen LogP contribution < -0.4 is 15.4 Å². The van der Waals surface area contributed by atoms with E-state index in [1.54, 1.807) is 43.0 Å². The zero-order chi connectivity index (χ0) is 24.0. The Balaban J connectivity index is 1.56. The number of sulfonamides is 1. The smallest absolute Gasteiger partial charge is 0.319 e. The van der Waals surface area contributed by atoms with E-state index in [4.69, 9.17) is 11.6 Å². The van der Waals surface area contributed by atoms with E-state index in [-0.39, 0.29) is 28.8 Å². The van der Waals surface area contributed by atoms with Gasteiger partial charge in [0.1, 0.15) is 6.04 Å². The van der Waals surface area contributed by atoms with E-state index in [0.717, 1.165) is 0 Å². The molecule has 0 unspecified atom stereocenters. The van der Waals surface area contributed by atoms with Crippen LogP contribution in [0.15, 0.2) is 59.5 Å². The maximum atomic E-state index is 13.2. The van der Waals surface area contributed by atoms with Gasteiger partial charge in [-0.3, -0.25) is 4.79 Å². The van der Waals surface area contributed by atoms with Gasteiger partial charge in [-0.05, 0) is 49.1 Å². The van der Waals surface area contributed by atoms with E-state index in [9.17, 15) is 18.0 Å². The number of carbonyl (C=O) groups excluding carboxylic acids is 2. The van der Waals surface area contributed by atoms with Gasteiger partial charge in [0.2, 0.25) is 15.9 Å². The van der Waals surface area contributed by atoms with Gasteiger partial charge in [-0.15, -0.1) is 0 Å². The highest BCUT2D eigenvalue weighted by Crippen LogP contribution is 2.19. The molecular weight excluding hydrogens is 464 g/mol. The minimum Gasteiger partial charge on any atom is -0.341 e. The summed E-state index contributed by atoms with van der Waals surface area (Å²) in [7, 11) is -3.91. The highest BCUT2D eigenvalue weighted by Gasteiger charge is 2.33. The largest absolute Gasteiger partial charge is 0.341 e. The van der Waals surface area contributed by atoms with Crippen molar-refractivity contribution in [2.75, 3.05) is 18.4 Å². The molecule has 33 heavy (non-hydrogen) atoms. The predicted molar refractivity (Wildman–Crippen MR) is 129 cm³/mol. The fourth-order valence-electron chi connectivity index (χ4n) is 3.66. The molecule has 0 spiro atoms. The van der Waals surface area contributed by atoms with Crippen molar-refractivity contribution >= 4 is 39.2 Å². The fraction of sp³-hybridized carbons (Fsp3) is 0.391. The van der Waals surface area contributed by atoms with Crippen LogP contribution in [-0.2, 0) is 14.8 Å². The maximum absolute atomic E-state index is 13.2. The fourth-order valence-corrected chi connectivity index (χ4v) is 5.29. The number of benzene rings is 2. The molecule has 1 saturated heterocycles. The molecule has 0 bridgehead atoms. The Morgan fingerprint density at radius 2 is 1.70 bits per heavy atom. The lowest BCUT2D eigenvalue weighted by atomic mass is 10.0. The summed E-state index contributed by atoms with van der Waals surface area (Å²) in [6.07, 6.45) is 1.17. The molecular formula is C23H29ClN4O4S. The normalized spacial score (nSPS) is 15.8. The number of halogens is 1. The molecule has 1 atom stereocenters. The van der Waals surface area contributed by atoms with Crippen LogP contribution in [-0.4, -0.2) is 50.4 Å². The first-order valence-corrected chi connectivity index (χ1v) is 12.7. The second-order valence-corrected chi connectivity index (χ2v) is 10.5. The molecule has 178 valence electrons. The Kier molecular flexibility index (Phi) is 8.34. The van der Waals surface area contributed by atoms with Crippen LogP contribution in [0, 0.1) is 5.92 Å². The molecule has 1 aliphatic heterocycles. The first kappa shape index (κ1) is 25.0. The lowest BCUT2D eigenvalue weighted by molar-refractivity contribution is -0.135. The minimum absolute atomic E-state index is 0.0146. The monoisotopic (exact) mass is 492 g/mol. The first-order chi connectivity index (χ1) is 15.7. The second kappa shape index (κ2) is 11.0. The molecule has 1 heterocycles. The van der Waals surface area contributed by atoms with Crippen LogP contribution >= 0.6 is 11.6 Å². The van der Waals surface area contributed by atoms with Crippen LogP contribution in [0.3, 0.4) is 0 Å². The number of rotatable bonds is 7. The number of piperidine rings is 1. The Morgan fingerprint density at radius 1 is 1.03 bits per heavy atom. The number of amides is 3. The molecule has 0 radical (unpaired) electrons. The standard InChI is InChI=1S/C23H29ClN4O4S/c1-16(2)21(27-33(31,32)20-10-6-7-17(24)15-20)22(29)28-13-11-19(12-14-28)26-23(30)25-18-8-4-3-5-9-18/h3-10,15-16,19,21,27H,11-14H2,1-2H3,(H2,25,26,30)/t21-/m0/s1. The van der Waals surface area contributed by atoms with Crippen molar-refractivity contribution in [3.05, 3.63) is 59.6 Å². The summed E-state index contributed by atoms with van der Waals surface area (Å²) < 4.78 is 28.2. The van der Waals surface area contributed by atoms with Crippen LogP contribution in [0.25, 0.3) is 0 Å². The number of anilines is 1. The van der Waals surface area contributed by atoms with E-state index in [0.29, 0.717) is 36.6 Å². The molecule has 10 heteroatoms. The third-order valence-electron chi connectivity index (χ3n) is 5.49. The van der Waals surface area contributed by atoms with Crippen LogP contribution in [0.5, 0.6) is 0 Å². The number of carbonyl (C=O) groups is 2. The van der Waals surface area contributed by atoms with Gasteiger partial charge < -0.3 is 15.5 Å². The van der Waals surface area contributed by atoms with Gasteiger partial charge in [0, 0.05) is 29.8 Å². The van der Waals surface area contributed by atoms with Gasteiger partial charge in [-0.2, -0.15) is 4.72 Å². The summed E-state index contributed by atoms with van der Waals surface area (Å²) >= 11 is 5.93. The van der Waals surface area contributed by atoms with Crippen molar-refractivity contribution in [2.24, 2.45) is 5.92 Å². The third kappa shape index (κ3) is 6.93. The number of hydrogen-bond acceptors (Lipinski definition) is 4. The lowest BCUT2D eigenvalue weighted by Gasteiger charge is -2.35. The molecule has 3 amide bonds. The summed E-state index contributed by atoms with van der Waals surface area (Å²) in [5, 5.41) is 6.02. The molecule has 0 aromatic heterocycles. The molecule has 1 aliphatic rings. The maximum Gasteiger partial charge on any atom is 0.319 e. The zero-order valence-electron chi connectivity index (χ0n) is 18.6. The van der Waals surface area contributed by atoms with Crippen molar-refractivity contribution in [1.29, 1.82) is 0 Å². The predicted octanol–water partition coefficient (Wildman–Crippen LogP) is 3.46. The van der Waals surface area contributed by atoms with E-state index in [1.807, 2.05) is 18.2 Å². The van der Waals surface area contributed by atoms with Crippen LogP contribution in [0.4, 0.5) is 10.5 Å². The zero-order valence-corrected chi connectivity index (χ0v) is 20.2. The second-order valence-electron chi connectivity index (χ2n) is 8.36. The number of likely N-dealkylation sites (tertiary alicyclic amines) is 1. The molecule has 0 saturated carbocycles. The summed E-state index contributed by atoms with van der Waals surface area (Å²) in [5.74, 6) is -0.526. The van der Waals surface area contributed by atoms with Crippen molar-refractivity contribution in [3.63, 3.8) is 0 Å². The van der Waals surface area contributed by atoms with Gasteiger partial charge in [0.25, 0.3) is 0 Å². The number of nitrogens with zero attached hydrogens (tertiary/aromatic N) is 1. The van der Waals surface area contributed by atoms with Gasteiger partial charge in [-0.25, -0.2) is 13.2 Å². The van der Waals surface area contributed by atoms with Crippen LogP contribution in [0.1, 0.15) is 26.7 Å². The topological polar surface area (TPSA) is 108 Å². The van der Waals surface area contributed by atoms with Crippen molar-refractivity contribution in [2.45, 2.75) is 43.7 Å². The average Bonchev–Trinajstić information content (AvgIpc) is 2.78. The molecule has 1 fully saturated rings. The molecule has 3 N–H and O–H groups in total.